The van der Waals surface area contributed by atoms with Crippen LogP contribution < -0.4 is 10.5 Å². The molecule has 3 N–H and O–H groups in total. The van der Waals surface area contributed by atoms with E-state index >= 15 is 0 Å². The number of nitrogens with two attached hydrogens (primary N) is 1. The zero-order valence-corrected chi connectivity index (χ0v) is 13.2. The second-order valence-electron chi connectivity index (χ2n) is 5.66. The molecule has 1 aromatic rings. The molecule has 0 radical (unpaired) electrons. The molecule has 112 valence electrons. The number of aryl methyl sites for hydroxylation is 1. The van der Waals surface area contributed by atoms with E-state index in [0.29, 0.717) is 10.6 Å². The van der Waals surface area contributed by atoms with Crippen molar-refractivity contribution >= 4 is 21.6 Å². The van der Waals surface area contributed by atoms with Crippen LogP contribution in [0.4, 0.5) is 0 Å². The molecular formula is C14H21ClN2O2S. The van der Waals surface area contributed by atoms with Gasteiger partial charge in [-0.25, -0.2) is 13.1 Å². The lowest BCUT2D eigenvalue weighted by molar-refractivity contribution is 0.296. The van der Waals surface area contributed by atoms with Crippen LogP contribution in [0.15, 0.2) is 23.1 Å². The van der Waals surface area contributed by atoms with Gasteiger partial charge < -0.3 is 5.73 Å². The summed E-state index contributed by atoms with van der Waals surface area (Å²) in [5.74, 6) is 0. The minimum absolute atomic E-state index is 0.265. The lowest BCUT2D eigenvalue weighted by Crippen LogP contribution is -2.51. The lowest BCUT2D eigenvalue weighted by Gasteiger charge is -2.33. The lowest BCUT2D eigenvalue weighted by atomic mass is 9.83. The van der Waals surface area contributed by atoms with Crippen molar-refractivity contribution in [1.29, 1.82) is 0 Å². The summed E-state index contributed by atoms with van der Waals surface area (Å²) in [4.78, 5) is 0.265. The maximum atomic E-state index is 12.3. The van der Waals surface area contributed by atoms with E-state index in [9.17, 15) is 8.42 Å². The summed E-state index contributed by atoms with van der Waals surface area (Å²) >= 11 is 5.85. The van der Waals surface area contributed by atoms with Crippen LogP contribution in [0.5, 0.6) is 0 Å². The first-order valence-electron chi connectivity index (χ1n) is 6.87. The molecule has 0 spiro atoms. The van der Waals surface area contributed by atoms with Gasteiger partial charge in [0.15, 0.2) is 0 Å². The average molecular weight is 317 g/mol. The molecule has 1 aliphatic carbocycles. The average Bonchev–Trinajstić information content (AvgIpc) is 2.37. The Morgan fingerprint density at radius 3 is 2.55 bits per heavy atom. The van der Waals surface area contributed by atoms with Gasteiger partial charge in [-0.15, -0.1) is 0 Å². The van der Waals surface area contributed by atoms with Gasteiger partial charge in [0.25, 0.3) is 0 Å². The molecule has 2 rings (SSSR count). The standard InChI is InChI=1S/C14H21ClN2O2S/c1-11-9-12(15)5-6-13(11)20(18,19)17-10-14(16)7-3-2-4-8-14/h5-6,9,17H,2-4,7-8,10,16H2,1H3. The first-order chi connectivity index (χ1) is 9.32. The third kappa shape index (κ3) is 3.73. The van der Waals surface area contributed by atoms with Crippen LogP contribution >= 0.6 is 11.6 Å². The van der Waals surface area contributed by atoms with Crippen molar-refractivity contribution in [2.45, 2.75) is 49.5 Å². The van der Waals surface area contributed by atoms with Gasteiger partial charge in [-0.1, -0.05) is 30.9 Å². The maximum absolute atomic E-state index is 12.3. The van der Waals surface area contributed by atoms with E-state index in [-0.39, 0.29) is 11.4 Å². The Morgan fingerprint density at radius 1 is 1.30 bits per heavy atom. The number of benzene rings is 1. The summed E-state index contributed by atoms with van der Waals surface area (Å²) < 4.78 is 27.3. The summed E-state index contributed by atoms with van der Waals surface area (Å²) in [6.07, 6.45) is 5.06. The number of hydrogen-bond donors (Lipinski definition) is 2. The fourth-order valence-electron chi connectivity index (χ4n) is 2.66. The van der Waals surface area contributed by atoms with Crippen LogP contribution in [-0.2, 0) is 10.0 Å². The van der Waals surface area contributed by atoms with Gasteiger partial charge in [-0.2, -0.15) is 0 Å². The molecule has 1 fully saturated rings. The van der Waals surface area contributed by atoms with E-state index in [0.717, 1.165) is 25.7 Å². The summed E-state index contributed by atoms with van der Waals surface area (Å²) in [5, 5.41) is 0.532. The first kappa shape index (κ1) is 15.8. The van der Waals surface area contributed by atoms with Gasteiger partial charge >= 0.3 is 0 Å². The van der Waals surface area contributed by atoms with Crippen molar-refractivity contribution < 1.29 is 8.42 Å². The topological polar surface area (TPSA) is 72.2 Å². The minimum atomic E-state index is -3.53. The largest absolute Gasteiger partial charge is 0.324 e. The number of rotatable bonds is 4. The molecule has 0 unspecified atom stereocenters. The zero-order chi connectivity index (χ0) is 14.8. The molecule has 0 aliphatic heterocycles. The Labute approximate surface area is 125 Å². The number of sulfonamides is 1. The zero-order valence-electron chi connectivity index (χ0n) is 11.7. The number of nitrogens with one attached hydrogen (secondary N) is 1. The molecule has 0 aromatic heterocycles. The SMILES string of the molecule is Cc1cc(Cl)ccc1S(=O)(=O)NCC1(N)CCCCC1. The summed E-state index contributed by atoms with van der Waals surface area (Å²) in [6.45, 7) is 2.02. The van der Waals surface area contributed by atoms with Crippen molar-refractivity contribution in [1.82, 2.24) is 4.72 Å². The third-order valence-corrected chi connectivity index (χ3v) is 5.69. The molecule has 0 amide bonds. The fraction of sp³-hybridized carbons (Fsp3) is 0.571. The van der Waals surface area contributed by atoms with E-state index in [2.05, 4.69) is 4.72 Å². The van der Waals surface area contributed by atoms with Crippen LogP contribution in [-0.4, -0.2) is 20.5 Å². The monoisotopic (exact) mass is 316 g/mol. The van der Waals surface area contributed by atoms with E-state index in [1.165, 1.54) is 12.5 Å². The molecule has 1 aliphatic rings. The molecule has 0 atom stereocenters. The summed E-state index contributed by atoms with van der Waals surface area (Å²) in [6, 6.07) is 4.76. The van der Waals surface area contributed by atoms with Gasteiger partial charge in [-0.05, 0) is 43.5 Å². The molecule has 0 saturated heterocycles. The van der Waals surface area contributed by atoms with Gasteiger partial charge in [-0.3, -0.25) is 0 Å². The summed E-state index contributed by atoms with van der Waals surface area (Å²) in [5.41, 5.74) is 6.49. The van der Waals surface area contributed by atoms with Crippen LogP contribution in [0.25, 0.3) is 0 Å². The third-order valence-electron chi connectivity index (χ3n) is 3.89. The number of hydrogen-bond acceptors (Lipinski definition) is 3. The van der Waals surface area contributed by atoms with Crippen molar-refractivity contribution in [2.24, 2.45) is 5.73 Å². The Kier molecular flexibility index (Phi) is 4.74. The van der Waals surface area contributed by atoms with Crippen LogP contribution in [0.2, 0.25) is 5.02 Å². The van der Waals surface area contributed by atoms with Crippen LogP contribution in [0.3, 0.4) is 0 Å². The predicted octanol–water partition coefficient (Wildman–Crippen LogP) is 2.59. The van der Waals surface area contributed by atoms with Crippen LogP contribution in [0, 0.1) is 6.92 Å². The molecule has 6 heteroatoms. The Hall–Kier alpha value is -0.620. The van der Waals surface area contributed by atoms with E-state index in [4.69, 9.17) is 17.3 Å². The molecule has 4 nitrogen and oxygen atoms in total. The van der Waals surface area contributed by atoms with Gasteiger partial charge in [0.2, 0.25) is 10.0 Å². The molecule has 0 heterocycles. The highest BCUT2D eigenvalue weighted by atomic mass is 35.5. The fourth-order valence-corrected chi connectivity index (χ4v) is 4.25. The molecule has 20 heavy (non-hydrogen) atoms. The highest BCUT2D eigenvalue weighted by Gasteiger charge is 2.29. The van der Waals surface area contributed by atoms with Crippen molar-refractivity contribution in [2.75, 3.05) is 6.54 Å². The molecule has 1 aromatic carbocycles. The normalized spacial score (nSPS) is 18.9. The second kappa shape index (κ2) is 6.02. The van der Waals surface area contributed by atoms with Gasteiger partial charge in [0.1, 0.15) is 0 Å². The highest BCUT2D eigenvalue weighted by molar-refractivity contribution is 7.89. The van der Waals surface area contributed by atoms with E-state index in [1.807, 2.05) is 0 Å². The van der Waals surface area contributed by atoms with E-state index in [1.54, 1.807) is 19.1 Å². The van der Waals surface area contributed by atoms with E-state index < -0.39 is 15.6 Å². The van der Waals surface area contributed by atoms with Gasteiger partial charge in [0.05, 0.1) is 4.90 Å². The Balaban J connectivity index is 2.11. The number of halogens is 1. The Bertz CT molecular complexity index is 581. The second-order valence-corrected chi connectivity index (χ2v) is 7.83. The molecular weight excluding hydrogens is 296 g/mol. The van der Waals surface area contributed by atoms with Crippen molar-refractivity contribution in [3.63, 3.8) is 0 Å². The minimum Gasteiger partial charge on any atom is -0.324 e. The smallest absolute Gasteiger partial charge is 0.240 e. The molecule has 1 saturated carbocycles. The first-order valence-corrected chi connectivity index (χ1v) is 8.73. The molecule has 0 bridgehead atoms. The summed E-state index contributed by atoms with van der Waals surface area (Å²) in [7, 11) is -3.53. The quantitative estimate of drug-likeness (QED) is 0.896. The van der Waals surface area contributed by atoms with Crippen molar-refractivity contribution in [3.05, 3.63) is 28.8 Å². The van der Waals surface area contributed by atoms with Gasteiger partial charge in [0, 0.05) is 17.1 Å². The maximum Gasteiger partial charge on any atom is 0.240 e. The van der Waals surface area contributed by atoms with Crippen molar-refractivity contribution in [3.8, 4) is 0 Å². The Morgan fingerprint density at radius 2 is 1.95 bits per heavy atom. The predicted molar refractivity (Wildman–Crippen MR) is 81.4 cm³/mol. The van der Waals surface area contributed by atoms with Crippen LogP contribution in [0.1, 0.15) is 37.7 Å². The highest BCUT2D eigenvalue weighted by Crippen LogP contribution is 2.26.